The zero-order valence-corrected chi connectivity index (χ0v) is 41.7. The number of carbonyl (C=O) groups is 3. The smallest absolute Gasteiger partial charge is 0.306 e. The molecule has 0 amide bonds. The predicted octanol–water partition coefficient (Wildman–Crippen LogP) is 17.3. The normalized spacial score (nSPS) is 13.1. The van der Waals surface area contributed by atoms with Gasteiger partial charge in [-0.1, -0.05) is 187 Å². The number of carbonyl (C=O) groups excluding carboxylic acids is 3. The third-order valence-electron chi connectivity index (χ3n) is 10.4. The minimum atomic E-state index is -0.817. The van der Waals surface area contributed by atoms with Crippen LogP contribution in [0.2, 0.25) is 0 Å². The molecule has 0 aliphatic carbocycles. The Morgan fingerprint density at radius 1 is 0.323 bits per heavy atom. The molecule has 0 unspecified atom stereocenters. The van der Waals surface area contributed by atoms with Crippen LogP contribution in [0.4, 0.5) is 0 Å². The van der Waals surface area contributed by atoms with Gasteiger partial charge in [-0.3, -0.25) is 14.4 Å². The van der Waals surface area contributed by atoms with Crippen molar-refractivity contribution < 1.29 is 28.6 Å². The zero-order valence-electron chi connectivity index (χ0n) is 41.7. The Morgan fingerprint density at radius 3 is 0.969 bits per heavy atom. The highest BCUT2D eigenvalue weighted by molar-refractivity contribution is 5.71. The fourth-order valence-corrected chi connectivity index (χ4v) is 6.57. The molecule has 0 fully saturated rings. The second-order valence-corrected chi connectivity index (χ2v) is 16.7. The van der Waals surface area contributed by atoms with E-state index in [1.54, 1.807) is 0 Å². The van der Waals surface area contributed by atoms with Gasteiger partial charge in [-0.25, -0.2) is 0 Å². The molecule has 0 aromatic carbocycles. The zero-order chi connectivity index (χ0) is 47.2. The maximum atomic E-state index is 12.8. The lowest BCUT2D eigenvalue weighted by Gasteiger charge is -2.18. The van der Waals surface area contributed by atoms with Crippen molar-refractivity contribution in [1.29, 1.82) is 0 Å². The van der Waals surface area contributed by atoms with E-state index in [9.17, 15) is 14.4 Å². The Balaban J connectivity index is 4.55. The summed E-state index contributed by atoms with van der Waals surface area (Å²) in [5.74, 6) is -0.999. The first-order chi connectivity index (χ1) is 32.0. The van der Waals surface area contributed by atoms with Crippen LogP contribution in [-0.2, 0) is 28.6 Å². The van der Waals surface area contributed by atoms with Gasteiger partial charge in [0.2, 0.25) is 0 Å². The first kappa shape index (κ1) is 60.8. The lowest BCUT2D eigenvalue weighted by molar-refractivity contribution is -0.167. The summed E-state index contributed by atoms with van der Waals surface area (Å²) in [7, 11) is 0. The van der Waals surface area contributed by atoms with Crippen molar-refractivity contribution in [2.75, 3.05) is 13.2 Å². The molecule has 0 heterocycles. The highest BCUT2D eigenvalue weighted by Crippen LogP contribution is 2.12. The van der Waals surface area contributed by atoms with E-state index in [0.717, 1.165) is 141 Å². The van der Waals surface area contributed by atoms with Gasteiger partial charge in [0.15, 0.2) is 6.10 Å². The number of esters is 3. The molecule has 0 radical (unpaired) electrons. The highest BCUT2D eigenvalue weighted by atomic mass is 16.6. The van der Waals surface area contributed by atoms with Crippen LogP contribution in [0.25, 0.3) is 0 Å². The van der Waals surface area contributed by atoms with Crippen LogP contribution in [0, 0.1) is 0 Å². The van der Waals surface area contributed by atoms with Crippen LogP contribution in [0.1, 0.15) is 213 Å². The van der Waals surface area contributed by atoms with E-state index >= 15 is 0 Å². The number of hydrogen-bond acceptors (Lipinski definition) is 6. The Morgan fingerprint density at radius 2 is 0.600 bits per heavy atom. The van der Waals surface area contributed by atoms with E-state index in [4.69, 9.17) is 14.2 Å². The number of ether oxygens (including phenoxy) is 3. The average molecular weight is 899 g/mol. The first-order valence-corrected chi connectivity index (χ1v) is 26.0. The Labute approximate surface area is 399 Å². The molecule has 6 heteroatoms. The fraction of sp³-hybridized carbons (Fsp3) is 0.610. The molecular weight excluding hydrogens is 805 g/mol. The second-order valence-electron chi connectivity index (χ2n) is 16.7. The lowest BCUT2D eigenvalue weighted by atomic mass is 10.1. The molecule has 0 spiro atoms. The lowest BCUT2D eigenvalue weighted by Crippen LogP contribution is -2.30. The Bertz CT molecular complexity index is 1400. The van der Waals surface area contributed by atoms with E-state index in [0.29, 0.717) is 19.3 Å². The summed E-state index contributed by atoms with van der Waals surface area (Å²) in [6.45, 7) is 6.30. The summed E-state index contributed by atoms with van der Waals surface area (Å²) < 4.78 is 16.7. The van der Waals surface area contributed by atoms with Crippen LogP contribution < -0.4 is 0 Å². The number of hydrogen-bond donors (Lipinski definition) is 0. The minimum absolute atomic E-state index is 0.112. The molecule has 1 atom stereocenters. The average Bonchev–Trinajstić information content (AvgIpc) is 3.30. The maximum absolute atomic E-state index is 12.8. The van der Waals surface area contributed by atoms with Gasteiger partial charge in [-0.15, -0.1) is 0 Å². The van der Waals surface area contributed by atoms with Gasteiger partial charge in [0, 0.05) is 19.3 Å². The van der Waals surface area contributed by atoms with Crippen LogP contribution in [0.15, 0.2) is 122 Å². The molecule has 0 saturated carbocycles. The molecule has 0 aliphatic rings. The topological polar surface area (TPSA) is 78.9 Å². The maximum Gasteiger partial charge on any atom is 0.306 e. The fourth-order valence-electron chi connectivity index (χ4n) is 6.57. The van der Waals surface area contributed by atoms with Gasteiger partial charge in [0.25, 0.3) is 0 Å². The molecule has 0 aliphatic heterocycles. The van der Waals surface area contributed by atoms with Gasteiger partial charge < -0.3 is 14.2 Å². The molecule has 0 rings (SSSR count). The molecule has 0 aromatic rings. The summed E-state index contributed by atoms with van der Waals surface area (Å²) >= 11 is 0. The van der Waals surface area contributed by atoms with E-state index in [1.807, 2.05) is 0 Å². The highest BCUT2D eigenvalue weighted by Gasteiger charge is 2.19. The van der Waals surface area contributed by atoms with Gasteiger partial charge in [0.05, 0.1) is 0 Å². The molecule has 366 valence electrons. The number of rotatable bonds is 45. The van der Waals surface area contributed by atoms with Gasteiger partial charge >= 0.3 is 17.9 Å². The molecular formula is C59H94O6. The second kappa shape index (κ2) is 52.4. The molecule has 6 nitrogen and oxygen atoms in total. The van der Waals surface area contributed by atoms with Gasteiger partial charge in [-0.05, 0) is 128 Å². The molecule has 65 heavy (non-hydrogen) atoms. The SMILES string of the molecule is CC/C=C\C/C=C\C/C=C\C/C=C\CCCCCCC(=O)O[C@H](COC(=O)CCCC/C=C\C/C=C\C/C=C\C/C=C\CC)COC(=O)CCCCCCC/C=C\C/C=C\CCCCC. The Hall–Kier alpha value is -4.19. The monoisotopic (exact) mass is 899 g/mol. The molecule has 0 saturated heterocycles. The van der Waals surface area contributed by atoms with Crippen LogP contribution in [-0.4, -0.2) is 37.2 Å². The summed E-state index contributed by atoms with van der Waals surface area (Å²) in [5, 5.41) is 0. The predicted molar refractivity (Wildman–Crippen MR) is 279 cm³/mol. The van der Waals surface area contributed by atoms with E-state index in [-0.39, 0.29) is 37.5 Å². The van der Waals surface area contributed by atoms with Crippen LogP contribution in [0.5, 0.6) is 0 Å². The quantitative estimate of drug-likeness (QED) is 0.0262. The third-order valence-corrected chi connectivity index (χ3v) is 10.4. The Kier molecular flexibility index (Phi) is 49.1. The minimum Gasteiger partial charge on any atom is -0.462 e. The van der Waals surface area contributed by atoms with E-state index in [2.05, 4.69) is 142 Å². The summed E-state index contributed by atoms with van der Waals surface area (Å²) in [5.41, 5.74) is 0. The van der Waals surface area contributed by atoms with Crippen molar-refractivity contribution in [3.05, 3.63) is 122 Å². The summed E-state index contributed by atoms with van der Waals surface area (Å²) in [4.78, 5) is 38.0. The molecule has 0 bridgehead atoms. The largest absolute Gasteiger partial charge is 0.462 e. The van der Waals surface area contributed by atoms with E-state index < -0.39 is 6.10 Å². The van der Waals surface area contributed by atoms with Crippen molar-refractivity contribution in [2.24, 2.45) is 0 Å². The van der Waals surface area contributed by atoms with Gasteiger partial charge in [0.1, 0.15) is 13.2 Å². The van der Waals surface area contributed by atoms with Crippen molar-refractivity contribution in [1.82, 2.24) is 0 Å². The van der Waals surface area contributed by atoms with Gasteiger partial charge in [-0.2, -0.15) is 0 Å². The van der Waals surface area contributed by atoms with Crippen molar-refractivity contribution >= 4 is 17.9 Å². The van der Waals surface area contributed by atoms with Crippen molar-refractivity contribution in [3.63, 3.8) is 0 Å². The van der Waals surface area contributed by atoms with Crippen molar-refractivity contribution in [2.45, 2.75) is 219 Å². The molecule has 0 aromatic heterocycles. The third kappa shape index (κ3) is 50.7. The number of allylic oxidation sites excluding steroid dienone is 20. The number of unbranched alkanes of at least 4 members (excludes halogenated alkanes) is 14. The first-order valence-electron chi connectivity index (χ1n) is 26.0. The van der Waals surface area contributed by atoms with Crippen LogP contribution in [0.3, 0.4) is 0 Å². The summed E-state index contributed by atoms with van der Waals surface area (Å²) in [6.07, 6.45) is 71.8. The van der Waals surface area contributed by atoms with Crippen molar-refractivity contribution in [3.8, 4) is 0 Å². The van der Waals surface area contributed by atoms with E-state index in [1.165, 1.54) is 25.7 Å². The standard InChI is InChI=1S/C59H94O6/c1-4-7-10-13-16-19-22-25-28-29-32-35-38-41-44-47-50-53-59(62)65-56(54-63-57(60)51-48-45-42-39-36-33-30-26-23-20-17-14-11-8-5-2)55-64-58(61)52-49-46-43-40-37-34-31-27-24-21-18-15-12-9-6-3/h7-8,10-11,16-21,25-28,30-32,35-36,39,56H,4-6,9,12-15,22-24,29,33-34,37-38,40-55H2,1-3H3/b10-7-,11-8-,19-16-,20-17-,21-18-,28-25-,30-26-,31-27-,35-32-,39-36-/t56-/m1/s1. The molecule has 0 N–H and O–H groups in total. The summed E-state index contributed by atoms with van der Waals surface area (Å²) in [6, 6.07) is 0. The van der Waals surface area contributed by atoms with Crippen LogP contribution >= 0.6 is 0 Å².